The molecule has 160 valence electrons. The Morgan fingerprint density at radius 2 is 1.67 bits per heavy atom. The molecule has 30 heavy (non-hydrogen) atoms. The Labute approximate surface area is 168 Å². The highest BCUT2D eigenvalue weighted by Crippen LogP contribution is 2.52. The van der Waals surface area contributed by atoms with Gasteiger partial charge in [-0.25, -0.2) is 0 Å². The predicted molar refractivity (Wildman–Crippen MR) is 98.1 cm³/mol. The summed E-state index contributed by atoms with van der Waals surface area (Å²) in [6, 6.07) is 4.39. The number of para-hydroxylation sites is 1. The zero-order valence-corrected chi connectivity index (χ0v) is 16.1. The molecule has 0 radical (unpaired) electrons. The van der Waals surface area contributed by atoms with Gasteiger partial charge in [0.1, 0.15) is 5.69 Å². The van der Waals surface area contributed by atoms with Crippen molar-refractivity contribution in [1.82, 2.24) is 4.98 Å². The third-order valence-electron chi connectivity index (χ3n) is 5.45. The van der Waals surface area contributed by atoms with Crippen LogP contribution >= 0.6 is 0 Å². The topological polar surface area (TPSA) is 36.1 Å². The first-order valence-electron chi connectivity index (χ1n) is 9.28. The number of alkyl halides is 6. The molecule has 1 aliphatic heterocycles. The Hall–Kier alpha value is -2.71. The number of aromatic nitrogens is 1. The second-order valence-electron chi connectivity index (χ2n) is 8.46. The molecule has 9 heteroatoms. The van der Waals surface area contributed by atoms with Gasteiger partial charge in [0.2, 0.25) is 0 Å². The molecule has 0 unspecified atom stereocenters. The molecule has 0 saturated heterocycles. The van der Waals surface area contributed by atoms with Crippen molar-refractivity contribution in [1.29, 1.82) is 0 Å². The number of benzene rings is 1. The minimum atomic E-state index is -4.83. The number of nitrogens with zero attached hydrogens (tertiary/aromatic N) is 1. The van der Waals surface area contributed by atoms with Gasteiger partial charge in [-0.2, -0.15) is 26.3 Å². The second kappa shape index (κ2) is 6.39. The molecule has 1 aromatic heterocycles. The van der Waals surface area contributed by atoms with Gasteiger partial charge < -0.3 is 9.88 Å². The number of anilines is 2. The number of rotatable bonds is 1. The van der Waals surface area contributed by atoms with Gasteiger partial charge >= 0.3 is 12.4 Å². The maximum absolute atomic E-state index is 13.7. The first-order valence-corrected chi connectivity index (χ1v) is 9.28. The number of Topliss-reactive ketones (excluding diaryl/α,β-unsaturated/α-hetero) is 1. The van der Waals surface area contributed by atoms with Crippen molar-refractivity contribution in [2.24, 2.45) is 5.41 Å². The number of halogens is 6. The van der Waals surface area contributed by atoms with E-state index in [1.165, 1.54) is 12.1 Å². The molecule has 0 atom stereocenters. The van der Waals surface area contributed by atoms with E-state index in [2.05, 4.69) is 4.98 Å². The maximum Gasteiger partial charge on any atom is 0.433 e. The summed E-state index contributed by atoms with van der Waals surface area (Å²) in [5.41, 5.74) is -2.94. The molecular weight excluding hydrogens is 410 g/mol. The molecule has 0 bridgehead atoms. The number of hydrogen-bond acceptors (Lipinski definition) is 2. The van der Waals surface area contributed by atoms with E-state index in [1.807, 2.05) is 13.8 Å². The van der Waals surface area contributed by atoms with Gasteiger partial charge in [0, 0.05) is 12.6 Å². The van der Waals surface area contributed by atoms with Crippen LogP contribution in [-0.2, 0) is 23.6 Å². The van der Waals surface area contributed by atoms with Crippen LogP contribution in [0.15, 0.2) is 41.7 Å². The molecule has 4 rings (SSSR count). The SMILES string of the molecule is CC1(C)CC(=O)C2=C(Cc3c[nH]c(C(F)(F)F)c3N2c2ccccc2C(F)(F)F)C1. The lowest BCUT2D eigenvalue weighted by atomic mass is 9.72. The minimum Gasteiger partial charge on any atom is -0.356 e. The lowest BCUT2D eigenvalue weighted by Crippen LogP contribution is -2.37. The number of fused-ring (bicyclic) bond motifs is 1. The number of carbonyl (C=O) groups is 1. The zero-order valence-electron chi connectivity index (χ0n) is 16.1. The lowest BCUT2D eigenvalue weighted by Gasteiger charge is -2.41. The van der Waals surface area contributed by atoms with Gasteiger partial charge in [-0.3, -0.25) is 4.79 Å². The molecule has 0 fully saturated rings. The Balaban J connectivity index is 2.03. The molecule has 2 aliphatic rings. The zero-order chi connectivity index (χ0) is 22.1. The van der Waals surface area contributed by atoms with Crippen LogP contribution in [-0.4, -0.2) is 10.8 Å². The highest BCUT2D eigenvalue weighted by atomic mass is 19.4. The first kappa shape index (κ1) is 20.6. The molecule has 0 spiro atoms. The van der Waals surface area contributed by atoms with Gasteiger partial charge in [-0.05, 0) is 41.5 Å². The fourth-order valence-corrected chi connectivity index (χ4v) is 4.42. The van der Waals surface area contributed by atoms with Crippen LogP contribution in [0.1, 0.15) is 43.5 Å². The summed E-state index contributed by atoms with van der Waals surface area (Å²) in [4.78, 5) is 16.1. The number of hydrogen-bond donors (Lipinski definition) is 1. The van der Waals surface area contributed by atoms with E-state index in [1.54, 1.807) is 0 Å². The van der Waals surface area contributed by atoms with Crippen LogP contribution in [0.2, 0.25) is 0 Å². The minimum absolute atomic E-state index is 0.0393. The fraction of sp³-hybridized carbons (Fsp3) is 0.381. The fourth-order valence-electron chi connectivity index (χ4n) is 4.42. The summed E-state index contributed by atoms with van der Waals surface area (Å²) in [6.45, 7) is 3.72. The van der Waals surface area contributed by atoms with Crippen LogP contribution in [0.5, 0.6) is 0 Å². The van der Waals surface area contributed by atoms with Crippen molar-refractivity contribution in [3.8, 4) is 0 Å². The smallest absolute Gasteiger partial charge is 0.356 e. The summed E-state index contributed by atoms with van der Waals surface area (Å²) >= 11 is 0. The predicted octanol–water partition coefficient (Wildman–Crippen LogP) is 6.39. The molecule has 1 aliphatic carbocycles. The Morgan fingerprint density at radius 3 is 2.30 bits per heavy atom. The number of ketones is 1. The van der Waals surface area contributed by atoms with Gasteiger partial charge in [-0.15, -0.1) is 0 Å². The quantitative estimate of drug-likeness (QED) is 0.535. The normalized spacial score (nSPS) is 19.1. The number of nitrogens with one attached hydrogen (secondary N) is 1. The molecule has 0 amide bonds. The van der Waals surface area contributed by atoms with Gasteiger partial charge in [0.05, 0.1) is 22.6 Å². The number of carbonyl (C=O) groups excluding carboxylic acids is 1. The third-order valence-corrected chi connectivity index (χ3v) is 5.45. The van der Waals surface area contributed by atoms with E-state index < -0.39 is 46.2 Å². The lowest BCUT2D eigenvalue weighted by molar-refractivity contribution is -0.140. The largest absolute Gasteiger partial charge is 0.433 e. The van der Waals surface area contributed by atoms with E-state index in [9.17, 15) is 31.1 Å². The van der Waals surface area contributed by atoms with Crippen LogP contribution < -0.4 is 4.90 Å². The summed E-state index contributed by atoms with van der Waals surface area (Å²) in [5, 5.41) is 0. The average molecular weight is 428 g/mol. The molecule has 1 N–H and O–H groups in total. The molecule has 2 aromatic rings. The number of allylic oxidation sites excluding steroid dienone is 2. The Kier molecular flexibility index (Phi) is 4.38. The summed E-state index contributed by atoms with van der Waals surface area (Å²) in [6.07, 6.45) is -7.94. The van der Waals surface area contributed by atoms with Gasteiger partial charge in [0.15, 0.2) is 5.78 Å². The molecular formula is C21H18F6N2O. The summed E-state index contributed by atoms with van der Waals surface area (Å²) < 4.78 is 82.3. The molecule has 3 nitrogen and oxygen atoms in total. The summed E-state index contributed by atoms with van der Waals surface area (Å²) in [5.74, 6) is -0.460. The van der Waals surface area contributed by atoms with Gasteiger partial charge in [-0.1, -0.05) is 26.0 Å². The highest BCUT2D eigenvalue weighted by Gasteiger charge is 2.47. The molecule has 0 saturated carbocycles. The maximum atomic E-state index is 13.7. The van der Waals surface area contributed by atoms with Crippen molar-refractivity contribution in [3.05, 3.63) is 58.6 Å². The van der Waals surface area contributed by atoms with E-state index >= 15 is 0 Å². The molecule has 2 heterocycles. The average Bonchev–Trinajstić information content (AvgIpc) is 3.02. The van der Waals surface area contributed by atoms with Crippen molar-refractivity contribution < 1.29 is 31.1 Å². The van der Waals surface area contributed by atoms with E-state index in [0.29, 0.717) is 12.0 Å². The van der Waals surface area contributed by atoms with Crippen LogP contribution in [0, 0.1) is 5.41 Å². The number of aromatic amines is 1. The van der Waals surface area contributed by atoms with Crippen molar-refractivity contribution in [2.45, 2.75) is 45.5 Å². The monoisotopic (exact) mass is 428 g/mol. The van der Waals surface area contributed by atoms with Crippen LogP contribution in [0.4, 0.5) is 37.7 Å². The number of H-pyrrole nitrogens is 1. The third kappa shape index (κ3) is 3.30. The Bertz CT molecular complexity index is 1060. The van der Waals surface area contributed by atoms with E-state index in [0.717, 1.165) is 23.2 Å². The van der Waals surface area contributed by atoms with Crippen LogP contribution in [0.3, 0.4) is 0 Å². The highest BCUT2D eigenvalue weighted by molar-refractivity contribution is 6.05. The molecule has 1 aromatic carbocycles. The van der Waals surface area contributed by atoms with Crippen LogP contribution in [0.25, 0.3) is 0 Å². The van der Waals surface area contributed by atoms with Crippen molar-refractivity contribution >= 4 is 17.2 Å². The van der Waals surface area contributed by atoms with Crippen molar-refractivity contribution in [2.75, 3.05) is 4.90 Å². The van der Waals surface area contributed by atoms with E-state index in [4.69, 9.17) is 0 Å². The summed E-state index contributed by atoms with van der Waals surface area (Å²) in [7, 11) is 0. The van der Waals surface area contributed by atoms with Gasteiger partial charge in [0.25, 0.3) is 0 Å². The Morgan fingerprint density at radius 1 is 1.00 bits per heavy atom. The standard InChI is InChI=1S/C21H18F6N2O/c1-19(2)8-11-7-12-10-28-18(21(25,26)27)17(12)29(16(11)15(30)9-19)14-6-4-3-5-13(14)20(22,23)24/h3-6,10,28H,7-9H2,1-2H3. The first-order chi connectivity index (χ1) is 13.8. The second-order valence-corrected chi connectivity index (χ2v) is 8.46. The van der Waals surface area contributed by atoms with Crippen molar-refractivity contribution in [3.63, 3.8) is 0 Å². The van der Waals surface area contributed by atoms with E-state index in [-0.39, 0.29) is 24.1 Å².